The zero-order valence-corrected chi connectivity index (χ0v) is 38.0. The SMILES string of the molecule is CCCCCCCC/C=C/CCCCCCCC(=O)CCC[C@]1(C)C=C2C(=O)[C@@H](C)C3(CC3)C(C)=C2C1OC(=O)CCCCCCC/C=C/CCCCCCCC. The van der Waals surface area contributed by atoms with Crippen molar-refractivity contribution in [2.45, 2.75) is 253 Å². The van der Waals surface area contributed by atoms with Crippen LogP contribution < -0.4 is 0 Å². The van der Waals surface area contributed by atoms with Gasteiger partial charge in [-0.3, -0.25) is 14.4 Å². The molecular weight excluding hydrogens is 701 g/mol. The van der Waals surface area contributed by atoms with E-state index in [0.29, 0.717) is 25.0 Å². The van der Waals surface area contributed by atoms with Crippen molar-refractivity contribution >= 4 is 17.5 Å². The van der Waals surface area contributed by atoms with E-state index in [4.69, 9.17) is 4.74 Å². The van der Waals surface area contributed by atoms with Crippen molar-refractivity contribution in [1.82, 2.24) is 0 Å². The summed E-state index contributed by atoms with van der Waals surface area (Å²) in [5, 5.41) is 0. The number of allylic oxidation sites excluding steroid dienone is 5. The third kappa shape index (κ3) is 17.5. The topological polar surface area (TPSA) is 60.4 Å². The van der Waals surface area contributed by atoms with Crippen LogP contribution in [0.2, 0.25) is 0 Å². The highest BCUT2D eigenvalue weighted by atomic mass is 16.5. The summed E-state index contributed by atoms with van der Waals surface area (Å²) < 4.78 is 6.41. The summed E-state index contributed by atoms with van der Waals surface area (Å²) >= 11 is 0. The van der Waals surface area contributed by atoms with Crippen LogP contribution in [-0.4, -0.2) is 23.6 Å². The zero-order chi connectivity index (χ0) is 41.2. The van der Waals surface area contributed by atoms with E-state index in [-0.39, 0.29) is 23.1 Å². The molecular formula is C53H88O4. The summed E-state index contributed by atoms with van der Waals surface area (Å²) in [6.07, 6.45) is 48.7. The Hall–Kier alpha value is -2.23. The predicted molar refractivity (Wildman–Crippen MR) is 242 cm³/mol. The molecule has 0 saturated heterocycles. The maximum atomic E-state index is 13.8. The molecule has 0 bridgehead atoms. The normalized spacial score (nSPS) is 21.3. The quantitative estimate of drug-likeness (QED) is 0.0364. The van der Waals surface area contributed by atoms with E-state index in [1.165, 1.54) is 134 Å². The summed E-state index contributed by atoms with van der Waals surface area (Å²) in [7, 11) is 0. The number of carbonyl (C=O) groups excluding carboxylic acids is 3. The van der Waals surface area contributed by atoms with Gasteiger partial charge in [0.25, 0.3) is 0 Å². The molecule has 1 spiro atoms. The largest absolute Gasteiger partial charge is 0.457 e. The summed E-state index contributed by atoms with van der Waals surface area (Å²) in [5.74, 6) is 0.398. The van der Waals surface area contributed by atoms with E-state index >= 15 is 0 Å². The van der Waals surface area contributed by atoms with Gasteiger partial charge in [0.15, 0.2) is 5.78 Å². The van der Waals surface area contributed by atoms with Crippen molar-refractivity contribution in [3.8, 4) is 0 Å². The maximum Gasteiger partial charge on any atom is 0.306 e. The molecule has 3 aliphatic carbocycles. The predicted octanol–water partition coefficient (Wildman–Crippen LogP) is 16.0. The molecule has 1 unspecified atom stereocenters. The Morgan fingerprint density at radius 3 is 1.53 bits per heavy atom. The molecule has 0 aliphatic heterocycles. The van der Waals surface area contributed by atoms with Crippen LogP contribution in [0.5, 0.6) is 0 Å². The summed E-state index contributed by atoms with van der Waals surface area (Å²) in [6, 6.07) is 0. The number of fused-ring (bicyclic) bond motifs is 1. The van der Waals surface area contributed by atoms with Gasteiger partial charge in [-0.2, -0.15) is 0 Å². The lowest BCUT2D eigenvalue weighted by atomic mass is 9.70. The monoisotopic (exact) mass is 789 g/mol. The van der Waals surface area contributed by atoms with Crippen LogP contribution in [0.3, 0.4) is 0 Å². The van der Waals surface area contributed by atoms with Gasteiger partial charge in [-0.15, -0.1) is 0 Å². The molecule has 3 atom stereocenters. The number of carbonyl (C=O) groups is 3. The first-order chi connectivity index (χ1) is 27.7. The van der Waals surface area contributed by atoms with E-state index in [0.717, 1.165) is 75.4 Å². The second-order valence-corrected chi connectivity index (χ2v) is 18.8. The second-order valence-electron chi connectivity index (χ2n) is 18.8. The standard InChI is InChI=1S/C53H88O4/c1-6-8-10-12-14-16-18-20-22-24-26-28-30-32-34-37-46(54)38-36-40-52(5)43-47-49(44(3)53(41-42-53)45(4)50(47)56)51(52)57-48(55)39-35-33-31-29-27-25-23-21-19-17-15-13-11-9-7-2/h20-23,43,45,51H,6-19,24-42H2,1-5H3/b22-20+,23-21+/t45-,51?,52-/m1/s1. The van der Waals surface area contributed by atoms with Gasteiger partial charge in [0.1, 0.15) is 11.9 Å². The van der Waals surface area contributed by atoms with Crippen LogP contribution in [0.4, 0.5) is 0 Å². The molecule has 3 rings (SSSR count). The van der Waals surface area contributed by atoms with Crippen molar-refractivity contribution in [2.24, 2.45) is 16.7 Å². The lowest BCUT2D eigenvalue weighted by Gasteiger charge is -2.36. The minimum Gasteiger partial charge on any atom is -0.457 e. The molecule has 4 nitrogen and oxygen atoms in total. The van der Waals surface area contributed by atoms with Crippen molar-refractivity contribution < 1.29 is 19.1 Å². The van der Waals surface area contributed by atoms with E-state index in [1.807, 2.05) is 0 Å². The lowest BCUT2D eigenvalue weighted by Crippen LogP contribution is -2.37. The number of esters is 1. The smallest absolute Gasteiger partial charge is 0.306 e. The number of rotatable bonds is 35. The Morgan fingerprint density at radius 2 is 1.05 bits per heavy atom. The third-order valence-electron chi connectivity index (χ3n) is 13.8. The molecule has 1 saturated carbocycles. The minimum absolute atomic E-state index is 0.0186. The van der Waals surface area contributed by atoms with Crippen molar-refractivity contribution in [3.05, 3.63) is 47.1 Å². The van der Waals surface area contributed by atoms with Gasteiger partial charge in [-0.05, 0) is 96.8 Å². The molecule has 1 fully saturated rings. The number of hydrogen-bond acceptors (Lipinski definition) is 4. The maximum absolute atomic E-state index is 13.8. The average Bonchev–Trinajstić information content (AvgIpc) is 3.95. The van der Waals surface area contributed by atoms with Gasteiger partial charge >= 0.3 is 5.97 Å². The van der Waals surface area contributed by atoms with Gasteiger partial charge in [-0.25, -0.2) is 0 Å². The van der Waals surface area contributed by atoms with Crippen LogP contribution in [0, 0.1) is 16.7 Å². The number of Topliss-reactive ketones (excluding diaryl/α,β-unsaturated/α-hetero) is 2. The number of ether oxygens (including phenoxy) is 1. The highest BCUT2D eigenvalue weighted by Gasteiger charge is 2.60. The molecule has 0 amide bonds. The van der Waals surface area contributed by atoms with Crippen molar-refractivity contribution in [3.63, 3.8) is 0 Å². The first-order valence-electron chi connectivity index (χ1n) is 24.7. The molecule has 0 aromatic heterocycles. The van der Waals surface area contributed by atoms with Gasteiger partial charge < -0.3 is 4.74 Å². The van der Waals surface area contributed by atoms with E-state index in [2.05, 4.69) is 65.0 Å². The second kappa shape index (κ2) is 28.3. The van der Waals surface area contributed by atoms with Crippen LogP contribution in [-0.2, 0) is 19.1 Å². The Bertz CT molecular complexity index is 1290. The zero-order valence-electron chi connectivity index (χ0n) is 38.0. The number of unbranched alkanes of at least 4 members (excludes halogenated alkanes) is 22. The van der Waals surface area contributed by atoms with Crippen LogP contribution in [0.15, 0.2) is 47.1 Å². The minimum atomic E-state index is -0.469. The van der Waals surface area contributed by atoms with Crippen molar-refractivity contribution in [1.29, 1.82) is 0 Å². The van der Waals surface area contributed by atoms with Gasteiger partial charge in [0, 0.05) is 47.2 Å². The van der Waals surface area contributed by atoms with Gasteiger partial charge in [0.05, 0.1) is 0 Å². The summed E-state index contributed by atoms with van der Waals surface area (Å²) in [6.45, 7) is 11.0. The average molecular weight is 789 g/mol. The highest BCUT2D eigenvalue weighted by Crippen LogP contribution is 2.64. The lowest BCUT2D eigenvalue weighted by molar-refractivity contribution is -0.151. The van der Waals surface area contributed by atoms with Gasteiger partial charge in [-0.1, -0.05) is 166 Å². The Labute approximate surface area is 352 Å². The van der Waals surface area contributed by atoms with Crippen LogP contribution in [0.25, 0.3) is 0 Å². The molecule has 4 heteroatoms. The number of ketones is 2. The summed E-state index contributed by atoms with van der Waals surface area (Å²) in [4.78, 5) is 40.1. The van der Waals surface area contributed by atoms with E-state index in [1.54, 1.807) is 0 Å². The Balaban J connectivity index is 1.35. The fraction of sp³-hybridized carbons (Fsp3) is 0.792. The molecule has 0 aromatic rings. The Morgan fingerprint density at radius 1 is 0.632 bits per heavy atom. The molecule has 324 valence electrons. The summed E-state index contributed by atoms with van der Waals surface area (Å²) in [5.41, 5.74) is 2.53. The van der Waals surface area contributed by atoms with E-state index in [9.17, 15) is 14.4 Å². The first-order valence-corrected chi connectivity index (χ1v) is 24.7. The molecule has 57 heavy (non-hydrogen) atoms. The fourth-order valence-electron chi connectivity index (χ4n) is 9.69. The first kappa shape index (κ1) is 49.1. The molecule has 0 heterocycles. The molecule has 0 radical (unpaired) electrons. The highest BCUT2D eigenvalue weighted by molar-refractivity contribution is 6.05. The van der Waals surface area contributed by atoms with Crippen LogP contribution in [0.1, 0.15) is 247 Å². The van der Waals surface area contributed by atoms with Crippen molar-refractivity contribution in [2.75, 3.05) is 0 Å². The van der Waals surface area contributed by atoms with E-state index < -0.39 is 11.5 Å². The Kier molecular flexibility index (Phi) is 24.4. The fourth-order valence-corrected chi connectivity index (χ4v) is 9.69. The molecule has 0 aromatic carbocycles. The van der Waals surface area contributed by atoms with Crippen LogP contribution >= 0.6 is 0 Å². The third-order valence-corrected chi connectivity index (χ3v) is 13.8. The number of hydrogen-bond donors (Lipinski definition) is 0. The van der Waals surface area contributed by atoms with Gasteiger partial charge in [0.2, 0.25) is 0 Å². The molecule has 3 aliphatic rings. The molecule has 0 N–H and O–H groups in total.